The first kappa shape index (κ1) is 21.4. The summed E-state index contributed by atoms with van der Waals surface area (Å²) in [6.45, 7) is 12.9. The zero-order valence-electron chi connectivity index (χ0n) is 17.9. The van der Waals surface area contributed by atoms with Gasteiger partial charge in [0.15, 0.2) is 0 Å². The van der Waals surface area contributed by atoms with Crippen molar-refractivity contribution in [2.75, 3.05) is 13.1 Å². The minimum absolute atomic E-state index is 0.0166. The highest BCUT2D eigenvalue weighted by Crippen LogP contribution is 2.52. The summed E-state index contributed by atoms with van der Waals surface area (Å²) in [4.78, 5) is 18.6. The Morgan fingerprint density at radius 3 is 2.50 bits per heavy atom. The second-order valence-electron chi connectivity index (χ2n) is 10.0. The van der Waals surface area contributed by atoms with Crippen LogP contribution in [0, 0.1) is 5.41 Å². The van der Waals surface area contributed by atoms with Gasteiger partial charge in [0.25, 0.3) is 0 Å². The maximum atomic E-state index is 12.9. The first-order valence-electron chi connectivity index (χ1n) is 10.0. The Hall–Kier alpha value is -1.31. The number of hydrogen-bond acceptors (Lipinski definition) is 5. The number of nitrogens with one attached hydrogen (secondary N) is 1. The molecule has 1 aromatic heterocycles. The van der Waals surface area contributed by atoms with Gasteiger partial charge in [-0.2, -0.15) is 0 Å². The van der Waals surface area contributed by atoms with Gasteiger partial charge in [-0.3, -0.25) is 4.98 Å². The van der Waals surface area contributed by atoms with E-state index in [1.807, 2.05) is 53.9 Å². The second-order valence-corrected chi connectivity index (χ2v) is 12.0. The van der Waals surface area contributed by atoms with Gasteiger partial charge >= 0.3 is 6.09 Å². The maximum Gasteiger partial charge on any atom is 0.410 e. The van der Waals surface area contributed by atoms with E-state index in [4.69, 9.17) is 4.74 Å². The van der Waals surface area contributed by atoms with Crippen LogP contribution in [0.5, 0.6) is 0 Å². The molecule has 2 heterocycles. The predicted molar refractivity (Wildman–Crippen MR) is 111 cm³/mol. The molecular formula is C21H33N3O3S. The molecule has 1 aromatic rings. The molecule has 2 aliphatic rings. The first-order chi connectivity index (χ1) is 12.9. The van der Waals surface area contributed by atoms with Crippen molar-refractivity contribution in [2.24, 2.45) is 5.41 Å². The Kier molecular flexibility index (Phi) is 5.73. The van der Waals surface area contributed by atoms with E-state index in [-0.39, 0.29) is 22.3 Å². The smallest absolute Gasteiger partial charge is 0.410 e. The highest BCUT2D eigenvalue weighted by Gasteiger charge is 2.51. The van der Waals surface area contributed by atoms with Crippen LogP contribution in [0.25, 0.3) is 0 Å². The summed E-state index contributed by atoms with van der Waals surface area (Å²) in [5, 5.41) is 0. The molecule has 0 bridgehead atoms. The molecule has 0 radical (unpaired) electrons. The fourth-order valence-corrected chi connectivity index (χ4v) is 5.01. The molecule has 1 aliphatic heterocycles. The van der Waals surface area contributed by atoms with Crippen LogP contribution >= 0.6 is 0 Å². The number of aromatic nitrogens is 1. The largest absolute Gasteiger partial charge is 0.598 e. The zero-order valence-corrected chi connectivity index (χ0v) is 18.7. The fraction of sp³-hybridized carbons (Fsp3) is 0.714. The van der Waals surface area contributed by atoms with Crippen molar-refractivity contribution >= 4 is 17.5 Å². The molecule has 0 saturated carbocycles. The Morgan fingerprint density at radius 1 is 1.29 bits per heavy atom. The average molecular weight is 408 g/mol. The van der Waals surface area contributed by atoms with Gasteiger partial charge in [-0.15, -0.1) is 4.72 Å². The van der Waals surface area contributed by atoms with Crippen LogP contribution in [0.1, 0.15) is 71.6 Å². The van der Waals surface area contributed by atoms with Crippen LogP contribution in [0.2, 0.25) is 0 Å². The van der Waals surface area contributed by atoms with Crippen LogP contribution < -0.4 is 4.72 Å². The third-order valence-electron chi connectivity index (χ3n) is 5.60. The van der Waals surface area contributed by atoms with Gasteiger partial charge in [0.2, 0.25) is 0 Å². The number of piperidine rings is 1. The SMILES string of the molecule is CC(C)(C)OC(=O)N1CCC2(CC1)Cc1ccncc1C2N[S@+]([O-])C(C)(C)C. The van der Waals surface area contributed by atoms with Crippen molar-refractivity contribution < 1.29 is 14.1 Å². The summed E-state index contributed by atoms with van der Waals surface area (Å²) in [7, 11) is 0. The minimum atomic E-state index is -1.18. The molecule has 1 spiro atoms. The Bertz CT molecular complexity index is 718. The number of ether oxygens (including phenoxy) is 1. The molecule has 1 amide bonds. The molecule has 3 rings (SSSR count). The predicted octanol–water partition coefficient (Wildman–Crippen LogP) is 3.75. The highest BCUT2D eigenvalue weighted by atomic mass is 32.2. The molecule has 1 unspecified atom stereocenters. The maximum absolute atomic E-state index is 12.9. The van der Waals surface area contributed by atoms with Gasteiger partial charge in [0.1, 0.15) is 10.3 Å². The van der Waals surface area contributed by atoms with E-state index in [0.717, 1.165) is 24.8 Å². The molecule has 1 fully saturated rings. The van der Waals surface area contributed by atoms with Gasteiger partial charge in [0.05, 0.1) is 6.04 Å². The van der Waals surface area contributed by atoms with Gasteiger partial charge in [0, 0.05) is 42.3 Å². The van der Waals surface area contributed by atoms with Crippen LogP contribution in [0.15, 0.2) is 18.5 Å². The number of fused-ring (bicyclic) bond motifs is 1. The van der Waals surface area contributed by atoms with Gasteiger partial charge in [-0.05, 0) is 78.0 Å². The molecule has 1 saturated heterocycles. The van der Waals surface area contributed by atoms with Crippen molar-refractivity contribution in [3.63, 3.8) is 0 Å². The highest BCUT2D eigenvalue weighted by molar-refractivity contribution is 7.90. The van der Waals surface area contributed by atoms with E-state index in [1.54, 1.807) is 4.90 Å². The number of rotatable bonds is 2. The third kappa shape index (κ3) is 4.47. The van der Waals surface area contributed by atoms with E-state index in [0.29, 0.717) is 13.1 Å². The average Bonchev–Trinajstić information content (AvgIpc) is 2.86. The Balaban J connectivity index is 1.78. The summed E-state index contributed by atoms with van der Waals surface area (Å²) in [5.41, 5.74) is 1.87. The van der Waals surface area contributed by atoms with E-state index >= 15 is 0 Å². The first-order valence-corrected chi connectivity index (χ1v) is 11.2. The normalized spacial score (nSPS) is 22.8. The molecular weight excluding hydrogens is 374 g/mol. The van der Waals surface area contributed by atoms with Crippen molar-refractivity contribution in [2.45, 2.75) is 77.2 Å². The molecule has 2 atom stereocenters. The summed E-state index contributed by atoms with van der Waals surface area (Å²) in [6.07, 6.45) is 6.10. The number of likely N-dealkylation sites (tertiary alicyclic amines) is 1. The number of amides is 1. The lowest BCUT2D eigenvalue weighted by atomic mass is 9.73. The van der Waals surface area contributed by atoms with Crippen molar-refractivity contribution in [1.82, 2.24) is 14.6 Å². The standard InChI is InChI=1S/C21H33N3O3S/c1-19(2,3)27-18(25)24-11-8-21(9-12-24)13-15-7-10-22-14-16(15)17(21)23-28(26)20(4,5)6/h7,10,14,17,23H,8-9,11-13H2,1-6H3/t17?,28-/m1/s1. The lowest BCUT2D eigenvalue weighted by molar-refractivity contribution is 0.00715. The van der Waals surface area contributed by atoms with E-state index < -0.39 is 17.0 Å². The molecule has 1 aliphatic carbocycles. The molecule has 6 nitrogen and oxygen atoms in total. The molecule has 28 heavy (non-hydrogen) atoms. The quantitative estimate of drug-likeness (QED) is 0.756. The van der Waals surface area contributed by atoms with Crippen molar-refractivity contribution in [3.05, 3.63) is 29.6 Å². The zero-order chi connectivity index (χ0) is 20.7. The van der Waals surface area contributed by atoms with Gasteiger partial charge in [-0.25, -0.2) is 4.79 Å². The number of carbonyl (C=O) groups excluding carboxylic acids is 1. The number of carbonyl (C=O) groups is 1. The van der Waals surface area contributed by atoms with Crippen molar-refractivity contribution in [1.29, 1.82) is 0 Å². The fourth-order valence-electron chi connectivity index (χ4n) is 4.07. The van der Waals surface area contributed by atoms with E-state index in [2.05, 4.69) is 15.8 Å². The number of hydrogen-bond donors (Lipinski definition) is 1. The molecule has 7 heteroatoms. The Labute approximate surface area is 171 Å². The summed E-state index contributed by atoms with van der Waals surface area (Å²) in [6, 6.07) is 2.05. The Morgan fingerprint density at radius 2 is 1.93 bits per heavy atom. The van der Waals surface area contributed by atoms with Crippen LogP contribution in [0.3, 0.4) is 0 Å². The van der Waals surface area contributed by atoms with Crippen LogP contribution in [-0.4, -0.2) is 44.0 Å². The monoisotopic (exact) mass is 407 g/mol. The van der Waals surface area contributed by atoms with Gasteiger partial charge < -0.3 is 14.2 Å². The van der Waals surface area contributed by atoms with E-state index in [9.17, 15) is 9.35 Å². The molecule has 0 aromatic carbocycles. The van der Waals surface area contributed by atoms with Crippen molar-refractivity contribution in [3.8, 4) is 0 Å². The number of nitrogens with zero attached hydrogens (tertiary/aromatic N) is 2. The molecule has 1 N–H and O–H groups in total. The van der Waals surface area contributed by atoms with E-state index in [1.165, 1.54) is 5.56 Å². The minimum Gasteiger partial charge on any atom is -0.598 e. The lowest BCUT2D eigenvalue weighted by Gasteiger charge is -2.43. The van der Waals surface area contributed by atoms with Crippen LogP contribution in [0.4, 0.5) is 4.79 Å². The summed E-state index contributed by atoms with van der Waals surface area (Å²) < 4.78 is 21.5. The summed E-state index contributed by atoms with van der Waals surface area (Å²) >= 11 is -1.18. The number of pyridine rings is 1. The third-order valence-corrected chi connectivity index (χ3v) is 7.17. The van der Waals surface area contributed by atoms with Crippen LogP contribution in [-0.2, 0) is 22.5 Å². The topological polar surface area (TPSA) is 77.5 Å². The summed E-state index contributed by atoms with van der Waals surface area (Å²) in [5.74, 6) is 0. The lowest BCUT2D eigenvalue weighted by Crippen LogP contribution is -2.51. The molecule has 156 valence electrons. The van der Waals surface area contributed by atoms with Gasteiger partial charge in [-0.1, -0.05) is 0 Å². The second kappa shape index (κ2) is 7.50.